The highest BCUT2D eigenvalue weighted by atomic mass is 79.9. The van der Waals surface area contributed by atoms with E-state index in [2.05, 4.69) is 20.9 Å². The van der Waals surface area contributed by atoms with Crippen molar-refractivity contribution in [3.05, 3.63) is 58.1 Å². The van der Waals surface area contributed by atoms with Crippen LogP contribution in [0.2, 0.25) is 0 Å². The van der Waals surface area contributed by atoms with Crippen LogP contribution < -0.4 is 10.5 Å². The number of aromatic nitrogens is 1. The van der Waals surface area contributed by atoms with Gasteiger partial charge in [0.15, 0.2) is 11.6 Å². The van der Waals surface area contributed by atoms with Gasteiger partial charge < -0.3 is 10.5 Å². The molecule has 0 amide bonds. The summed E-state index contributed by atoms with van der Waals surface area (Å²) in [6.45, 7) is 2.12. The van der Waals surface area contributed by atoms with E-state index in [0.29, 0.717) is 6.42 Å². The summed E-state index contributed by atoms with van der Waals surface area (Å²) in [6, 6.07) is 8.63. The summed E-state index contributed by atoms with van der Waals surface area (Å²) >= 11 is 3.31. The van der Waals surface area contributed by atoms with Crippen molar-refractivity contribution >= 4 is 15.9 Å². The van der Waals surface area contributed by atoms with Crippen molar-refractivity contribution in [2.45, 2.75) is 26.0 Å². The van der Waals surface area contributed by atoms with Gasteiger partial charge in [-0.05, 0) is 59.1 Å². The lowest BCUT2D eigenvalue weighted by Gasteiger charge is -2.09. The molecule has 1 heterocycles. The number of hydrogen-bond acceptors (Lipinski definition) is 3. The fraction of sp³-hybridized carbons (Fsp3) is 0.267. The van der Waals surface area contributed by atoms with E-state index in [1.165, 1.54) is 6.07 Å². The first-order valence-corrected chi connectivity index (χ1v) is 7.11. The van der Waals surface area contributed by atoms with E-state index in [0.717, 1.165) is 15.7 Å². The molecule has 106 valence electrons. The van der Waals surface area contributed by atoms with E-state index in [1.807, 2.05) is 25.1 Å². The molecular formula is C15H16BrFN2O. The number of rotatable bonds is 5. The molecule has 0 saturated heterocycles. The summed E-state index contributed by atoms with van der Waals surface area (Å²) in [5, 5.41) is 0. The van der Waals surface area contributed by atoms with Gasteiger partial charge in [0.2, 0.25) is 0 Å². The van der Waals surface area contributed by atoms with Crippen LogP contribution in [-0.2, 0) is 13.0 Å². The molecule has 3 nitrogen and oxygen atoms in total. The molecule has 2 N–H and O–H groups in total. The van der Waals surface area contributed by atoms with Crippen molar-refractivity contribution in [1.82, 2.24) is 4.98 Å². The standard InChI is InChI=1S/C15H16BrFN2O/c1-10(18)6-11-2-5-15(14(17)7-11)20-9-13-4-3-12(16)8-19-13/h2-5,7-8,10H,6,9,18H2,1H3. The maximum Gasteiger partial charge on any atom is 0.165 e. The van der Waals surface area contributed by atoms with E-state index in [4.69, 9.17) is 10.5 Å². The summed E-state index contributed by atoms with van der Waals surface area (Å²) in [5.74, 6) is -0.150. The molecule has 0 bridgehead atoms. The molecule has 0 radical (unpaired) electrons. The zero-order valence-electron chi connectivity index (χ0n) is 11.1. The molecule has 0 fully saturated rings. The molecule has 0 aliphatic rings. The number of nitrogens with two attached hydrogens (primary N) is 1. The second kappa shape index (κ2) is 6.81. The van der Waals surface area contributed by atoms with Crippen LogP contribution in [0.4, 0.5) is 4.39 Å². The van der Waals surface area contributed by atoms with Crippen molar-refractivity contribution in [1.29, 1.82) is 0 Å². The average molecular weight is 339 g/mol. The van der Waals surface area contributed by atoms with Gasteiger partial charge in [0.1, 0.15) is 6.61 Å². The van der Waals surface area contributed by atoms with E-state index < -0.39 is 0 Å². The molecule has 2 rings (SSSR count). The second-order valence-corrected chi connectivity index (χ2v) is 5.62. The van der Waals surface area contributed by atoms with Crippen LogP contribution in [0.1, 0.15) is 18.2 Å². The lowest BCUT2D eigenvalue weighted by atomic mass is 10.1. The summed E-state index contributed by atoms with van der Waals surface area (Å²) in [6.07, 6.45) is 2.33. The monoisotopic (exact) mass is 338 g/mol. The van der Waals surface area contributed by atoms with Crippen LogP contribution in [0, 0.1) is 5.82 Å². The third-order valence-corrected chi connectivity index (χ3v) is 3.19. The number of nitrogens with zero attached hydrogens (tertiary/aromatic N) is 1. The first-order chi connectivity index (χ1) is 9.54. The van der Waals surface area contributed by atoms with Gasteiger partial charge in [0, 0.05) is 16.7 Å². The van der Waals surface area contributed by atoms with Crippen LogP contribution >= 0.6 is 15.9 Å². The molecule has 1 unspecified atom stereocenters. The van der Waals surface area contributed by atoms with E-state index in [1.54, 1.807) is 12.3 Å². The Bertz CT molecular complexity index is 573. The number of benzene rings is 1. The SMILES string of the molecule is CC(N)Cc1ccc(OCc2ccc(Br)cn2)c(F)c1. The Balaban J connectivity index is 2.01. The summed E-state index contributed by atoms with van der Waals surface area (Å²) < 4.78 is 20.2. The van der Waals surface area contributed by atoms with Crippen LogP contribution in [0.15, 0.2) is 41.0 Å². The van der Waals surface area contributed by atoms with Crippen molar-refractivity contribution in [3.63, 3.8) is 0 Å². The first kappa shape index (κ1) is 14.9. The zero-order valence-corrected chi connectivity index (χ0v) is 12.7. The molecule has 1 aromatic heterocycles. The molecule has 20 heavy (non-hydrogen) atoms. The third kappa shape index (κ3) is 4.28. The third-order valence-electron chi connectivity index (χ3n) is 2.72. The molecule has 2 aromatic rings. The van der Waals surface area contributed by atoms with E-state index in [-0.39, 0.29) is 24.2 Å². The summed E-state index contributed by atoms with van der Waals surface area (Å²) in [5.41, 5.74) is 7.30. The fourth-order valence-corrected chi connectivity index (χ4v) is 2.04. The Morgan fingerprint density at radius 3 is 2.75 bits per heavy atom. The predicted octanol–water partition coefficient (Wildman–Crippen LogP) is 3.45. The largest absolute Gasteiger partial charge is 0.484 e. The molecule has 0 saturated carbocycles. The van der Waals surface area contributed by atoms with Crippen molar-refractivity contribution in [3.8, 4) is 5.75 Å². The van der Waals surface area contributed by atoms with Gasteiger partial charge >= 0.3 is 0 Å². The van der Waals surface area contributed by atoms with E-state index >= 15 is 0 Å². The molecule has 0 aliphatic heterocycles. The molecular weight excluding hydrogens is 323 g/mol. The number of ether oxygens (including phenoxy) is 1. The molecule has 0 aliphatic carbocycles. The quantitative estimate of drug-likeness (QED) is 0.908. The minimum Gasteiger partial charge on any atom is -0.484 e. The average Bonchev–Trinajstić information content (AvgIpc) is 2.39. The van der Waals surface area contributed by atoms with Crippen molar-refractivity contribution < 1.29 is 9.13 Å². The molecule has 0 spiro atoms. The zero-order chi connectivity index (χ0) is 14.5. The molecule has 5 heteroatoms. The van der Waals surface area contributed by atoms with Crippen LogP contribution in [0.25, 0.3) is 0 Å². The Morgan fingerprint density at radius 1 is 1.35 bits per heavy atom. The Morgan fingerprint density at radius 2 is 2.15 bits per heavy atom. The number of hydrogen-bond donors (Lipinski definition) is 1. The molecule has 1 aromatic carbocycles. The van der Waals surface area contributed by atoms with Gasteiger partial charge in [0.25, 0.3) is 0 Å². The van der Waals surface area contributed by atoms with E-state index in [9.17, 15) is 4.39 Å². The Kier molecular flexibility index (Phi) is 5.09. The fourth-order valence-electron chi connectivity index (χ4n) is 1.80. The molecule has 1 atom stereocenters. The summed E-state index contributed by atoms with van der Waals surface area (Å²) in [7, 11) is 0. The first-order valence-electron chi connectivity index (χ1n) is 6.32. The van der Waals surface area contributed by atoms with Gasteiger partial charge in [0.05, 0.1) is 5.69 Å². The predicted molar refractivity (Wildman–Crippen MR) is 80.0 cm³/mol. The maximum absolute atomic E-state index is 13.9. The lowest BCUT2D eigenvalue weighted by Crippen LogP contribution is -2.17. The minimum absolute atomic E-state index is 0.00753. The second-order valence-electron chi connectivity index (χ2n) is 4.70. The maximum atomic E-state index is 13.9. The highest BCUT2D eigenvalue weighted by Gasteiger charge is 2.07. The van der Waals surface area contributed by atoms with Crippen LogP contribution in [0.5, 0.6) is 5.75 Å². The smallest absolute Gasteiger partial charge is 0.165 e. The minimum atomic E-state index is -0.375. The van der Waals surface area contributed by atoms with Gasteiger partial charge in [-0.1, -0.05) is 6.07 Å². The highest BCUT2D eigenvalue weighted by Crippen LogP contribution is 2.20. The Labute approximate surface area is 126 Å². The van der Waals surface area contributed by atoms with Gasteiger partial charge in [-0.2, -0.15) is 0 Å². The highest BCUT2D eigenvalue weighted by molar-refractivity contribution is 9.10. The van der Waals surface area contributed by atoms with Gasteiger partial charge in [-0.15, -0.1) is 0 Å². The lowest BCUT2D eigenvalue weighted by molar-refractivity contribution is 0.285. The topological polar surface area (TPSA) is 48.1 Å². The normalized spacial score (nSPS) is 12.2. The van der Waals surface area contributed by atoms with Crippen LogP contribution in [0.3, 0.4) is 0 Å². The number of halogens is 2. The van der Waals surface area contributed by atoms with Gasteiger partial charge in [-0.3, -0.25) is 4.98 Å². The van der Waals surface area contributed by atoms with Gasteiger partial charge in [-0.25, -0.2) is 4.39 Å². The van der Waals surface area contributed by atoms with Crippen molar-refractivity contribution in [2.75, 3.05) is 0 Å². The Hall–Kier alpha value is -1.46. The van der Waals surface area contributed by atoms with Crippen molar-refractivity contribution in [2.24, 2.45) is 5.73 Å². The number of pyridine rings is 1. The summed E-state index contributed by atoms with van der Waals surface area (Å²) in [4.78, 5) is 4.17. The van der Waals surface area contributed by atoms with Crippen LogP contribution in [-0.4, -0.2) is 11.0 Å².